The number of benzene rings is 4. The van der Waals surface area contributed by atoms with Crippen LogP contribution in [0.3, 0.4) is 0 Å². The maximum absolute atomic E-state index is 13.4. The Labute approximate surface area is 367 Å². The molecule has 0 radical (unpaired) electrons. The quantitative estimate of drug-likeness (QED) is 0.0122. The summed E-state index contributed by atoms with van der Waals surface area (Å²) in [6.07, 6.45) is 3.54. The van der Waals surface area contributed by atoms with E-state index in [2.05, 4.69) is 28.7 Å². The Hall–Kier alpha value is -7.37. The molecule has 0 spiro atoms. The van der Waals surface area contributed by atoms with Gasteiger partial charge in [0.25, 0.3) is 0 Å². The number of hydrogen-bond donors (Lipinski definition) is 1. The van der Waals surface area contributed by atoms with Crippen molar-refractivity contribution in [2.75, 3.05) is 45.6 Å². The highest BCUT2D eigenvalue weighted by Crippen LogP contribution is 2.28. The van der Waals surface area contributed by atoms with Gasteiger partial charge < -0.3 is 37.9 Å². The Balaban J connectivity index is 1.23. The normalized spacial score (nSPS) is 11.3. The molecule has 1 aromatic heterocycles. The average molecular weight is 880 g/mol. The van der Waals surface area contributed by atoms with E-state index in [4.69, 9.17) is 37.9 Å². The molecule has 0 saturated heterocycles. The molecule has 1 atom stereocenters. The molecule has 1 N–H and O–H groups in total. The highest BCUT2D eigenvalue weighted by Gasteiger charge is 2.19. The number of esters is 5. The summed E-state index contributed by atoms with van der Waals surface area (Å²) in [5.74, 6) is -1.77. The Morgan fingerprint density at radius 3 is 2.17 bits per heavy atom. The van der Waals surface area contributed by atoms with Crippen molar-refractivity contribution in [1.82, 2.24) is 4.98 Å². The number of hydrazone groups is 1. The van der Waals surface area contributed by atoms with Gasteiger partial charge in [0.1, 0.15) is 36.2 Å². The van der Waals surface area contributed by atoms with E-state index < -0.39 is 36.0 Å². The zero-order valence-electron chi connectivity index (χ0n) is 34.6. The molecular formula is C46H45N3O13S. The van der Waals surface area contributed by atoms with Crippen LogP contribution in [-0.4, -0.2) is 87.3 Å². The van der Waals surface area contributed by atoms with E-state index >= 15 is 0 Å². The highest BCUT2D eigenvalue weighted by molar-refractivity contribution is 7.22. The van der Waals surface area contributed by atoms with Gasteiger partial charge in [-0.05, 0) is 98.1 Å². The number of methoxy groups -OCH3 is 1. The minimum atomic E-state index is -0.847. The van der Waals surface area contributed by atoms with E-state index in [0.717, 1.165) is 22.4 Å². The number of fused-ring (bicyclic) bond motifs is 1. The number of aromatic nitrogens is 1. The molecule has 17 heteroatoms. The number of nitrogens with one attached hydrogen (secondary N) is 1. The average Bonchev–Trinajstić information content (AvgIpc) is 3.71. The minimum Gasteiger partial charge on any atom is -0.497 e. The molecule has 0 aliphatic carbocycles. The summed E-state index contributed by atoms with van der Waals surface area (Å²) in [5, 5.41) is 4.85. The predicted molar refractivity (Wildman–Crippen MR) is 234 cm³/mol. The van der Waals surface area contributed by atoms with Gasteiger partial charge >= 0.3 is 29.8 Å². The van der Waals surface area contributed by atoms with E-state index in [1.807, 2.05) is 24.3 Å². The van der Waals surface area contributed by atoms with Gasteiger partial charge in [0.15, 0.2) is 6.10 Å². The number of unbranched alkanes of at least 4 members (excludes halogenated alkanes) is 1. The van der Waals surface area contributed by atoms with Gasteiger partial charge in [-0.1, -0.05) is 36.6 Å². The number of thiazole rings is 1. The Morgan fingerprint density at radius 2 is 1.44 bits per heavy atom. The molecule has 0 saturated carbocycles. The number of aryl methyl sites for hydroxylation is 1. The van der Waals surface area contributed by atoms with Crippen molar-refractivity contribution >= 4 is 62.7 Å². The number of nitrogens with zero attached hydrogens (tertiary/aromatic N) is 2. The highest BCUT2D eigenvalue weighted by atomic mass is 32.1. The largest absolute Gasteiger partial charge is 0.497 e. The van der Waals surface area contributed by atoms with Crippen molar-refractivity contribution < 1.29 is 61.9 Å². The van der Waals surface area contributed by atoms with Gasteiger partial charge in [-0.2, -0.15) is 5.10 Å². The lowest BCUT2D eigenvalue weighted by Gasteiger charge is -2.19. The van der Waals surface area contributed by atoms with Gasteiger partial charge in [-0.15, -0.1) is 0 Å². The van der Waals surface area contributed by atoms with E-state index in [0.29, 0.717) is 40.8 Å². The van der Waals surface area contributed by atoms with Crippen LogP contribution in [0.4, 0.5) is 5.13 Å². The Kier molecular flexibility index (Phi) is 17.9. The van der Waals surface area contributed by atoms with E-state index in [1.165, 1.54) is 47.9 Å². The maximum Gasteiger partial charge on any atom is 0.343 e. The second-order valence-corrected chi connectivity index (χ2v) is 14.3. The lowest BCUT2D eigenvalue weighted by atomic mass is 10.1. The molecule has 5 rings (SSSR count). The lowest BCUT2D eigenvalue weighted by Crippen LogP contribution is -2.30. The van der Waals surface area contributed by atoms with Gasteiger partial charge in [-0.3, -0.25) is 10.2 Å². The first kappa shape index (κ1) is 46.7. The van der Waals surface area contributed by atoms with Crippen molar-refractivity contribution in [1.29, 1.82) is 0 Å². The summed E-state index contributed by atoms with van der Waals surface area (Å²) < 4.78 is 44.6. The fourth-order valence-electron chi connectivity index (χ4n) is 5.41. The van der Waals surface area contributed by atoms with Gasteiger partial charge in [0.2, 0.25) is 5.13 Å². The molecular weight excluding hydrogens is 835 g/mol. The third kappa shape index (κ3) is 14.9. The van der Waals surface area contributed by atoms with Crippen molar-refractivity contribution in [3.8, 4) is 23.0 Å². The van der Waals surface area contributed by atoms with Crippen LogP contribution in [0.2, 0.25) is 0 Å². The first-order valence-corrected chi connectivity index (χ1v) is 20.3. The number of ether oxygens (including phenoxy) is 8. The van der Waals surface area contributed by atoms with E-state index in [9.17, 15) is 24.0 Å². The van der Waals surface area contributed by atoms with Crippen LogP contribution in [0.5, 0.6) is 23.0 Å². The molecule has 0 fully saturated rings. The summed E-state index contributed by atoms with van der Waals surface area (Å²) in [7, 11) is 1.54. The maximum atomic E-state index is 13.4. The molecule has 4 aromatic carbocycles. The molecule has 16 nitrogen and oxygen atoms in total. The molecule has 0 aliphatic rings. The summed E-state index contributed by atoms with van der Waals surface area (Å²) in [6.45, 7) is 8.62. The molecule has 0 aliphatic heterocycles. The minimum absolute atomic E-state index is 0.0194. The predicted octanol–water partition coefficient (Wildman–Crippen LogP) is 7.43. The number of rotatable bonds is 24. The first-order chi connectivity index (χ1) is 30.5. The van der Waals surface area contributed by atoms with Crippen LogP contribution in [-0.2, 0) is 33.3 Å². The van der Waals surface area contributed by atoms with Crippen molar-refractivity contribution in [2.45, 2.75) is 32.3 Å². The zero-order valence-corrected chi connectivity index (χ0v) is 35.4. The standard InChI is InChI=1S/C46H45N3O13S/c1-5-41(50)57-23-10-9-22-56-28-36(60-43(52)21-24-58-42(51)6-2)29-59-34-16-13-31(14-17-34)44(53)62-39-19-15-32(45(54)61-38-20-18-35(55-4)25-30(38)3)26-33(39)27-47-49-46-48-37-11-7-8-12-40(37)63-46/h5-8,11-20,25-27,36H,1-2,9-10,21-24,28-29H2,3-4H3,(H,48,49)/b47-27+. The molecule has 1 unspecified atom stereocenters. The summed E-state index contributed by atoms with van der Waals surface area (Å²) in [6, 6.07) is 23.2. The van der Waals surface area contributed by atoms with Crippen LogP contribution >= 0.6 is 11.3 Å². The molecule has 328 valence electrons. The molecule has 1 heterocycles. The van der Waals surface area contributed by atoms with Crippen molar-refractivity contribution in [3.63, 3.8) is 0 Å². The second kappa shape index (κ2) is 24.2. The van der Waals surface area contributed by atoms with Gasteiger partial charge in [0, 0.05) is 24.3 Å². The van der Waals surface area contributed by atoms with E-state index in [1.54, 1.807) is 44.4 Å². The lowest BCUT2D eigenvalue weighted by molar-refractivity contribution is -0.156. The van der Waals surface area contributed by atoms with Crippen LogP contribution in [0.15, 0.2) is 115 Å². The molecule has 63 heavy (non-hydrogen) atoms. The molecule has 0 bridgehead atoms. The third-order valence-electron chi connectivity index (χ3n) is 8.63. The zero-order chi connectivity index (χ0) is 45.0. The number of para-hydroxylation sites is 1. The SMILES string of the molecule is C=CC(=O)OCCCCOCC(COc1ccc(C(=O)Oc2ccc(C(=O)Oc3ccc(OC)cc3C)cc2/C=N/Nc2nc3ccccc3s2)cc1)OC(=O)CCOC(=O)C=C. The van der Waals surface area contributed by atoms with Crippen LogP contribution in [0.25, 0.3) is 10.2 Å². The summed E-state index contributed by atoms with van der Waals surface area (Å²) in [5.41, 5.74) is 5.03. The van der Waals surface area contributed by atoms with Gasteiger partial charge in [0.05, 0.1) is 54.3 Å². The smallest absolute Gasteiger partial charge is 0.343 e. The fourth-order valence-corrected chi connectivity index (χ4v) is 6.23. The fraction of sp³-hybridized carbons (Fsp3) is 0.239. The van der Waals surface area contributed by atoms with Crippen LogP contribution < -0.4 is 24.4 Å². The number of hydrogen-bond acceptors (Lipinski definition) is 17. The monoisotopic (exact) mass is 879 g/mol. The first-order valence-electron chi connectivity index (χ1n) is 19.5. The summed E-state index contributed by atoms with van der Waals surface area (Å²) in [4.78, 5) is 66.3. The number of carbonyl (C=O) groups is 5. The van der Waals surface area contributed by atoms with Gasteiger partial charge in [-0.25, -0.2) is 24.2 Å². The topological polar surface area (TPSA) is 196 Å². The number of carbonyl (C=O) groups excluding carboxylic acids is 5. The summed E-state index contributed by atoms with van der Waals surface area (Å²) >= 11 is 1.40. The Bertz CT molecular complexity index is 2400. The molecule has 0 amide bonds. The Morgan fingerprint density at radius 1 is 0.778 bits per heavy atom. The van der Waals surface area contributed by atoms with E-state index in [-0.39, 0.29) is 61.9 Å². The van der Waals surface area contributed by atoms with Crippen LogP contribution in [0.1, 0.15) is 51.1 Å². The molecule has 5 aromatic rings. The third-order valence-corrected chi connectivity index (χ3v) is 9.57. The van der Waals surface area contributed by atoms with Crippen molar-refractivity contribution in [2.24, 2.45) is 5.10 Å². The number of anilines is 1. The van der Waals surface area contributed by atoms with Crippen molar-refractivity contribution in [3.05, 3.63) is 132 Å². The van der Waals surface area contributed by atoms with Crippen LogP contribution in [0, 0.1) is 6.92 Å². The second-order valence-electron chi connectivity index (χ2n) is 13.2.